The van der Waals surface area contributed by atoms with Crippen LogP contribution in [0.1, 0.15) is 76.9 Å². The van der Waals surface area contributed by atoms with Crippen molar-refractivity contribution in [2.45, 2.75) is 78.1 Å². The number of H-pyrrole nitrogens is 1. The van der Waals surface area contributed by atoms with E-state index in [1.54, 1.807) is 0 Å². The highest BCUT2D eigenvalue weighted by atomic mass is 15.2. The van der Waals surface area contributed by atoms with E-state index in [2.05, 4.69) is 29.0 Å². The molecule has 0 spiro atoms. The highest BCUT2D eigenvalue weighted by molar-refractivity contribution is 4.90. The van der Waals surface area contributed by atoms with Gasteiger partial charge in [0.05, 0.1) is 0 Å². The molecule has 0 aliphatic carbocycles. The van der Waals surface area contributed by atoms with Gasteiger partial charge in [-0.25, -0.2) is 4.98 Å². The molecule has 1 aromatic heterocycles. The summed E-state index contributed by atoms with van der Waals surface area (Å²) < 4.78 is 0. The van der Waals surface area contributed by atoms with Crippen molar-refractivity contribution in [2.24, 2.45) is 0 Å². The Morgan fingerprint density at radius 3 is 2.24 bits per heavy atom. The van der Waals surface area contributed by atoms with E-state index >= 15 is 0 Å². The number of nitrogens with one attached hydrogen (secondary N) is 1. The molecule has 0 unspecified atom stereocenters. The molecule has 3 heteroatoms. The standard InChI is InChI=1S/C14H27N3/c1-3-5-6-7-8-9-10-12-14-15-13(11-4-2)16-17-14/h3-12H2,1-2H3,(H,15,16,17). The first kappa shape index (κ1) is 14.2. The lowest BCUT2D eigenvalue weighted by molar-refractivity contribution is 0.585. The van der Waals surface area contributed by atoms with Gasteiger partial charge in [0.1, 0.15) is 5.82 Å². The monoisotopic (exact) mass is 237 g/mol. The summed E-state index contributed by atoms with van der Waals surface area (Å²) in [4.78, 5) is 4.48. The molecule has 3 nitrogen and oxygen atoms in total. The molecule has 1 N–H and O–H groups in total. The first-order chi connectivity index (χ1) is 8.36. The Kier molecular flexibility index (Phi) is 7.69. The minimum absolute atomic E-state index is 1.00. The lowest BCUT2D eigenvalue weighted by Crippen LogP contribution is -1.90. The number of aromatic nitrogens is 3. The first-order valence-electron chi connectivity index (χ1n) is 7.27. The molecule has 0 aliphatic rings. The predicted molar refractivity (Wildman–Crippen MR) is 72.1 cm³/mol. The number of rotatable bonds is 10. The maximum atomic E-state index is 4.48. The number of aryl methyl sites for hydroxylation is 2. The molecule has 98 valence electrons. The van der Waals surface area contributed by atoms with Gasteiger partial charge in [-0.05, 0) is 12.8 Å². The van der Waals surface area contributed by atoms with Crippen LogP contribution in [0.25, 0.3) is 0 Å². The summed E-state index contributed by atoms with van der Waals surface area (Å²) in [5.41, 5.74) is 0. The third kappa shape index (κ3) is 6.44. The van der Waals surface area contributed by atoms with E-state index in [0.717, 1.165) is 30.9 Å². The number of aromatic amines is 1. The molecule has 0 saturated heterocycles. The molecule has 0 radical (unpaired) electrons. The molecule has 1 aromatic rings. The number of hydrogen-bond acceptors (Lipinski definition) is 2. The van der Waals surface area contributed by atoms with Crippen LogP contribution in [0.15, 0.2) is 0 Å². The van der Waals surface area contributed by atoms with Gasteiger partial charge >= 0.3 is 0 Å². The smallest absolute Gasteiger partial charge is 0.150 e. The fraction of sp³-hybridized carbons (Fsp3) is 0.857. The van der Waals surface area contributed by atoms with Gasteiger partial charge in [0.15, 0.2) is 5.82 Å². The van der Waals surface area contributed by atoms with Crippen molar-refractivity contribution in [3.63, 3.8) is 0 Å². The average Bonchev–Trinajstić information content (AvgIpc) is 2.76. The third-order valence-corrected chi connectivity index (χ3v) is 3.07. The zero-order valence-corrected chi connectivity index (χ0v) is 11.5. The molecule has 0 aromatic carbocycles. The summed E-state index contributed by atoms with van der Waals surface area (Å²) in [7, 11) is 0. The fourth-order valence-corrected chi connectivity index (χ4v) is 2.04. The van der Waals surface area contributed by atoms with E-state index in [-0.39, 0.29) is 0 Å². The molecule has 1 heterocycles. The van der Waals surface area contributed by atoms with Crippen LogP contribution in [0.3, 0.4) is 0 Å². The first-order valence-corrected chi connectivity index (χ1v) is 7.27. The van der Waals surface area contributed by atoms with E-state index in [4.69, 9.17) is 0 Å². The Bertz CT molecular complexity index is 281. The van der Waals surface area contributed by atoms with E-state index in [0.29, 0.717) is 0 Å². The average molecular weight is 237 g/mol. The van der Waals surface area contributed by atoms with Crippen LogP contribution in [-0.2, 0) is 12.8 Å². The van der Waals surface area contributed by atoms with Gasteiger partial charge in [0.25, 0.3) is 0 Å². The molecule has 0 aliphatic heterocycles. The summed E-state index contributed by atoms with van der Waals surface area (Å²) in [6.07, 6.45) is 12.6. The van der Waals surface area contributed by atoms with Crippen LogP contribution in [0.5, 0.6) is 0 Å². The van der Waals surface area contributed by atoms with Crippen LogP contribution in [0, 0.1) is 0 Å². The Hall–Kier alpha value is -0.860. The molecule has 17 heavy (non-hydrogen) atoms. The molecule has 0 amide bonds. The van der Waals surface area contributed by atoms with E-state index in [9.17, 15) is 0 Å². The van der Waals surface area contributed by atoms with Crippen LogP contribution < -0.4 is 0 Å². The quantitative estimate of drug-likeness (QED) is 0.624. The molecule has 0 bridgehead atoms. The second-order valence-electron chi connectivity index (χ2n) is 4.82. The van der Waals surface area contributed by atoms with Crippen molar-refractivity contribution in [1.29, 1.82) is 0 Å². The minimum atomic E-state index is 1.00. The van der Waals surface area contributed by atoms with Crippen LogP contribution in [-0.4, -0.2) is 15.2 Å². The topological polar surface area (TPSA) is 41.6 Å². The third-order valence-electron chi connectivity index (χ3n) is 3.07. The Labute approximate surface area is 105 Å². The predicted octanol–water partition coefficient (Wildman–Crippen LogP) is 4.05. The molecule has 0 atom stereocenters. The second-order valence-corrected chi connectivity index (χ2v) is 4.82. The Balaban J connectivity index is 2.01. The molecule has 1 rings (SSSR count). The van der Waals surface area contributed by atoms with Gasteiger partial charge < -0.3 is 0 Å². The van der Waals surface area contributed by atoms with Crippen LogP contribution >= 0.6 is 0 Å². The number of nitrogens with zero attached hydrogens (tertiary/aromatic N) is 2. The SMILES string of the molecule is CCCCCCCCCc1n[nH]c(CCC)n1. The number of hydrogen-bond donors (Lipinski definition) is 1. The fourth-order valence-electron chi connectivity index (χ4n) is 2.04. The minimum Gasteiger partial charge on any atom is -0.263 e. The normalized spacial score (nSPS) is 10.9. The van der Waals surface area contributed by atoms with Gasteiger partial charge in [-0.3, -0.25) is 5.10 Å². The molecule has 0 saturated carbocycles. The van der Waals surface area contributed by atoms with Crippen molar-refractivity contribution in [1.82, 2.24) is 15.2 Å². The Morgan fingerprint density at radius 1 is 0.824 bits per heavy atom. The van der Waals surface area contributed by atoms with E-state index < -0.39 is 0 Å². The van der Waals surface area contributed by atoms with Crippen LogP contribution in [0.4, 0.5) is 0 Å². The van der Waals surface area contributed by atoms with Crippen molar-refractivity contribution in [2.75, 3.05) is 0 Å². The highest BCUT2D eigenvalue weighted by Crippen LogP contribution is 2.09. The van der Waals surface area contributed by atoms with Crippen molar-refractivity contribution in [3.8, 4) is 0 Å². The summed E-state index contributed by atoms with van der Waals surface area (Å²) in [6, 6.07) is 0. The van der Waals surface area contributed by atoms with Crippen molar-refractivity contribution >= 4 is 0 Å². The largest absolute Gasteiger partial charge is 0.263 e. The molecular weight excluding hydrogens is 210 g/mol. The van der Waals surface area contributed by atoms with Gasteiger partial charge in [0.2, 0.25) is 0 Å². The van der Waals surface area contributed by atoms with Crippen molar-refractivity contribution in [3.05, 3.63) is 11.6 Å². The lowest BCUT2D eigenvalue weighted by Gasteiger charge is -1.99. The maximum absolute atomic E-state index is 4.48. The molecule has 0 fully saturated rings. The van der Waals surface area contributed by atoms with Gasteiger partial charge in [-0.1, -0.05) is 52.4 Å². The lowest BCUT2D eigenvalue weighted by atomic mass is 10.1. The van der Waals surface area contributed by atoms with E-state index in [1.807, 2.05) is 0 Å². The molecular formula is C14H27N3. The zero-order chi connectivity index (χ0) is 12.3. The van der Waals surface area contributed by atoms with E-state index in [1.165, 1.54) is 44.9 Å². The summed E-state index contributed by atoms with van der Waals surface area (Å²) >= 11 is 0. The summed E-state index contributed by atoms with van der Waals surface area (Å²) in [5, 5.41) is 7.26. The van der Waals surface area contributed by atoms with Gasteiger partial charge in [-0.2, -0.15) is 5.10 Å². The zero-order valence-electron chi connectivity index (χ0n) is 11.5. The van der Waals surface area contributed by atoms with Crippen molar-refractivity contribution < 1.29 is 0 Å². The van der Waals surface area contributed by atoms with Gasteiger partial charge in [0, 0.05) is 12.8 Å². The second kappa shape index (κ2) is 9.20. The number of unbranched alkanes of at least 4 members (excludes halogenated alkanes) is 6. The van der Waals surface area contributed by atoms with Crippen LogP contribution in [0.2, 0.25) is 0 Å². The summed E-state index contributed by atoms with van der Waals surface area (Å²) in [6.45, 7) is 4.43. The summed E-state index contributed by atoms with van der Waals surface area (Å²) in [5.74, 6) is 2.05. The Morgan fingerprint density at radius 2 is 1.53 bits per heavy atom. The maximum Gasteiger partial charge on any atom is 0.150 e. The highest BCUT2D eigenvalue weighted by Gasteiger charge is 2.01. The van der Waals surface area contributed by atoms with Gasteiger partial charge in [-0.15, -0.1) is 0 Å².